The van der Waals surface area contributed by atoms with E-state index in [0.29, 0.717) is 0 Å². The number of amides is 2. The molecule has 1 saturated carbocycles. The van der Waals surface area contributed by atoms with Crippen LogP contribution in [0.1, 0.15) is 40.4 Å². The largest absolute Gasteiger partial charge is 0.479 e. The van der Waals surface area contributed by atoms with Crippen LogP contribution in [0.15, 0.2) is 59.1 Å². The summed E-state index contributed by atoms with van der Waals surface area (Å²) in [6, 6.07) is 17.2. The Morgan fingerprint density at radius 3 is 2.32 bits per heavy atom. The normalized spacial score (nSPS) is 15.2. The SMILES string of the molecule is O=C(Nc1cc(C(=O)NOC(C(=O)O)C2CC2)no1)OCC1c2ccccc2-c2ccccc21. The highest BCUT2D eigenvalue weighted by Crippen LogP contribution is 2.44. The molecule has 34 heavy (non-hydrogen) atoms. The number of hydrogen-bond donors (Lipinski definition) is 3. The first kappa shape index (κ1) is 21.7. The maximum absolute atomic E-state index is 12.3. The summed E-state index contributed by atoms with van der Waals surface area (Å²) in [5, 5.41) is 15.1. The summed E-state index contributed by atoms with van der Waals surface area (Å²) in [4.78, 5) is 40.7. The van der Waals surface area contributed by atoms with Gasteiger partial charge in [-0.3, -0.25) is 14.9 Å². The summed E-state index contributed by atoms with van der Waals surface area (Å²) in [6.07, 6.45) is -0.425. The van der Waals surface area contributed by atoms with Crippen LogP contribution in [0.2, 0.25) is 0 Å². The summed E-state index contributed by atoms with van der Waals surface area (Å²) < 4.78 is 10.4. The zero-order valence-electron chi connectivity index (χ0n) is 17.9. The maximum atomic E-state index is 12.3. The van der Waals surface area contributed by atoms with E-state index in [9.17, 15) is 14.4 Å². The fourth-order valence-electron chi connectivity index (χ4n) is 4.09. The molecule has 5 rings (SSSR count). The first-order chi connectivity index (χ1) is 16.5. The fourth-order valence-corrected chi connectivity index (χ4v) is 4.09. The van der Waals surface area contributed by atoms with Crippen LogP contribution < -0.4 is 10.8 Å². The Hall–Kier alpha value is -4.18. The molecule has 10 heteroatoms. The quantitative estimate of drug-likeness (QED) is 0.431. The third kappa shape index (κ3) is 4.35. The van der Waals surface area contributed by atoms with Crippen LogP contribution in [0.4, 0.5) is 10.7 Å². The number of hydroxylamine groups is 1. The highest BCUT2D eigenvalue weighted by Gasteiger charge is 2.38. The average molecular weight is 463 g/mol. The molecular formula is C24H21N3O7. The van der Waals surface area contributed by atoms with Crippen molar-refractivity contribution in [3.63, 3.8) is 0 Å². The summed E-state index contributed by atoms with van der Waals surface area (Å²) in [5.41, 5.74) is 6.28. The summed E-state index contributed by atoms with van der Waals surface area (Å²) in [6.45, 7) is 0.118. The number of carbonyl (C=O) groups is 3. The van der Waals surface area contributed by atoms with Crippen LogP contribution in [0.5, 0.6) is 0 Å². The van der Waals surface area contributed by atoms with Crippen LogP contribution in [-0.4, -0.2) is 40.9 Å². The number of fused-ring (bicyclic) bond motifs is 3. The van der Waals surface area contributed by atoms with Gasteiger partial charge in [0.2, 0.25) is 5.88 Å². The van der Waals surface area contributed by atoms with Gasteiger partial charge in [0.25, 0.3) is 5.91 Å². The van der Waals surface area contributed by atoms with E-state index >= 15 is 0 Å². The molecule has 1 atom stereocenters. The molecule has 0 radical (unpaired) electrons. The predicted octanol–water partition coefficient (Wildman–Crippen LogP) is 3.56. The number of carbonyl (C=O) groups excluding carboxylic acids is 2. The third-order valence-corrected chi connectivity index (χ3v) is 5.88. The lowest BCUT2D eigenvalue weighted by atomic mass is 9.98. The number of nitrogens with zero attached hydrogens (tertiary/aromatic N) is 1. The van der Waals surface area contributed by atoms with Crippen molar-refractivity contribution in [2.24, 2.45) is 5.92 Å². The van der Waals surface area contributed by atoms with E-state index in [4.69, 9.17) is 19.2 Å². The molecule has 2 aliphatic carbocycles. The van der Waals surface area contributed by atoms with Gasteiger partial charge in [0.05, 0.1) is 0 Å². The minimum Gasteiger partial charge on any atom is -0.479 e. The Labute approximate surface area is 193 Å². The smallest absolute Gasteiger partial charge is 0.414 e. The van der Waals surface area contributed by atoms with Crippen molar-refractivity contribution in [3.8, 4) is 11.1 Å². The molecule has 174 valence electrons. The van der Waals surface area contributed by atoms with E-state index in [1.54, 1.807) is 0 Å². The second-order valence-corrected chi connectivity index (χ2v) is 8.17. The molecule has 2 amide bonds. The number of aromatic nitrogens is 1. The molecule has 3 aromatic rings. The van der Waals surface area contributed by atoms with Crippen molar-refractivity contribution in [2.75, 3.05) is 11.9 Å². The Morgan fingerprint density at radius 1 is 1.06 bits per heavy atom. The van der Waals surface area contributed by atoms with Gasteiger partial charge in [-0.15, -0.1) is 0 Å². The summed E-state index contributed by atoms with van der Waals surface area (Å²) in [5.74, 6) is -2.27. The zero-order valence-corrected chi connectivity index (χ0v) is 17.9. The van der Waals surface area contributed by atoms with E-state index in [1.807, 2.05) is 48.5 Å². The second kappa shape index (κ2) is 8.99. The van der Waals surface area contributed by atoms with Crippen molar-refractivity contribution in [1.82, 2.24) is 10.6 Å². The summed E-state index contributed by atoms with van der Waals surface area (Å²) in [7, 11) is 0. The maximum Gasteiger partial charge on any atom is 0.414 e. The first-order valence-corrected chi connectivity index (χ1v) is 10.8. The number of hydrogen-bond acceptors (Lipinski definition) is 7. The molecule has 1 fully saturated rings. The minimum atomic E-state index is -1.15. The van der Waals surface area contributed by atoms with Crippen LogP contribution >= 0.6 is 0 Å². The Morgan fingerprint density at radius 2 is 1.71 bits per heavy atom. The van der Waals surface area contributed by atoms with Gasteiger partial charge in [-0.2, -0.15) is 0 Å². The van der Waals surface area contributed by atoms with Gasteiger partial charge >= 0.3 is 12.1 Å². The molecule has 0 saturated heterocycles. The number of carboxylic acids is 1. The van der Waals surface area contributed by atoms with E-state index in [-0.39, 0.29) is 30.0 Å². The standard InChI is InChI=1S/C24H21N3O7/c28-22(27-34-21(23(29)30)13-9-10-13)19-11-20(33-26-19)25-24(31)32-12-18-16-7-3-1-5-14(16)15-6-2-4-8-17(15)18/h1-8,11,13,18,21H,9-10,12H2,(H,25,31)(H,27,28)(H,29,30). The van der Waals surface area contributed by atoms with Crippen molar-refractivity contribution < 1.29 is 33.6 Å². The molecular weight excluding hydrogens is 442 g/mol. The highest BCUT2D eigenvalue weighted by molar-refractivity contribution is 5.93. The van der Waals surface area contributed by atoms with Gasteiger partial charge in [-0.25, -0.2) is 15.1 Å². The molecule has 2 aromatic carbocycles. The van der Waals surface area contributed by atoms with Gasteiger partial charge in [0.1, 0.15) is 6.61 Å². The van der Waals surface area contributed by atoms with Crippen molar-refractivity contribution in [3.05, 3.63) is 71.4 Å². The van der Waals surface area contributed by atoms with Crippen LogP contribution in [0, 0.1) is 5.92 Å². The lowest BCUT2D eigenvalue weighted by Gasteiger charge is -2.13. The van der Waals surface area contributed by atoms with Gasteiger partial charge in [0, 0.05) is 12.0 Å². The lowest BCUT2D eigenvalue weighted by molar-refractivity contribution is -0.155. The van der Waals surface area contributed by atoms with E-state index in [0.717, 1.165) is 35.1 Å². The van der Waals surface area contributed by atoms with E-state index in [1.165, 1.54) is 6.07 Å². The van der Waals surface area contributed by atoms with Gasteiger partial charge in [-0.1, -0.05) is 53.7 Å². The van der Waals surface area contributed by atoms with Crippen LogP contribution in [-0.2, 0) is 14.4 Å². The molecule has 1 aromatic heterocycles. The van der Waals surface area contributed by atoms with E-state index in [2.05, 4.69) is 16.0 Å². The topological polar surface area (TPSA) is 140 Å². The van der Waals surface area contributed by atoms with Gasteiger partial charge in [0.15, 0.2) is 11.8 Å². The number of benzene rings is 2. The molecule has 0 spiro atoms. The molecule has 1 heterocycles. The Bertz CT molecular complexity index is 1210. The fraction of sp³-hybridized carbons (Fsp3) is 0.250. The van der Waals surface area contributed by atoms with E-state index < -0.39 is 24.1 Å². The van der Waals surface area contributed by atoms with Crippen molar-refractivity contribution >= 4 is 23.9 Å². The third-order valence-electron chi connectivity index (χ3n) is 5.88. The van der Waals surface area contributed by atoms with Crippen molar-refractivity contribution in [1.29, 1.82) is 0 Å². The number of ether oxygens (including phenoxy) is 1. The van der Waals surface area contributed by atoms with Crippen LogP contribution in [0.3, 0.4) is 0 Å². The molecule has 1 unspecified atom stereocenters. The summed E-state index contributed by atoms with van der Waals surface area (Å²) >= 11 is 0. The lowest BCUT2D eigenvalue weighted by Crippen LogP contribution is -2.35. The average Bonchev–Trinajstić information content (AvgIpc) is 3.47. The molecule has 0 aliphatic heterocycles. The number of aliphatic carboxylic acids is 1. The number of anilines is 1. The number of rotatable bonds is 8. The second-order valence-electron chi connectivity index (χ2n) is 8.17. The Balaban J connectivity index is 1.16. The van der Waals surface area contributed by atoms with Gasteiger partial charge < -0.3 is 14.4 Å². The highest BCUT2D eigenvalue weighted by atomic mass is 16.7. The zero-order chi connectivity index (χ0) is 23.7. The van der Waals surface area contributed by atoms with Crippen molar-refractivity contribution in [2.45, 2.75) is 24.9 Å². The number of nitrogens with one attached hydrogen (secondary N) is 2. The molecule has 2 aliphatic rings. The van der Waals surface area contributed by atoms with Gasteiger partial charge in [-0.05, 0) is 41.0 Å². The van der Waals surface area contributed by atoms with Crippen LogP contribution in [0.25, 0.3) is 11.1 Å². The minimum absolute atomic E-state index is 0.0972. The first-order valence-electron chi connectivity index (χ1n) is 10.8. The molecule has 10 nitrogen and oxygen atoms in total. The number of carboxylic acid groups (broad SMARTS) is 1. The monoisotopic (exact) mass is 463 g/mol. The predicted molar refractivity (Wildman–Crippen MR) is 118 cm³/mol. The molecule has 0 bridgehead atoms. The Kier molecular flexibility index (Phi) is 5.72. The molecule has 3 N–H and O–H groups in total.